The second-order valence-corrected chi connectivity index (χ2v) is 8.60. The molecule has 30 heavy (non-hydrogen) atoms. The van der Waals surface area contributed by atoms with Crippen LogP contribution in [0.3, 0.4) is 0 Å². The molecule has 146 valence electrons. The first kappa shape index (κ1) is 17.1. The minimum absolute atomic E-state index is 0.684. The van der Waals surface area contributed by atoms with Crippen molar-refractivity contribution < 1.29 is 0 Å². The number of aryl methyl sites for hydroxylation is 2. The third kappa shape index (κ3) is 2.65. The van der Waals surface area contributed by atoms with Crippen LogP contribution >= 0.6 is 11.3 Å². The number of aromatic amines is 2. The first-order valence-corrected chi connectivity index (χ1v) is 10.4. The lowest BCUT2D eigenvalue weighted by atomic mass is 10.1. The van der Waals surface area contributed by atoms with Crippen LogP contribution in [0.25, 0.3) is 55.0 Å². The molecule has 0 aliphatic carbocycles. The zero-order chi connectivity index (χ0) is 20.2. The standard InChI is InChI=1S/C22H17N7S/c1-12-3-4-19(30-12)21-15-8-18(26-17(15)5-6-23-21)20-16-7-13(9-24-22(16)28-27-20)14-10-25-29(2)11-14/h3-11,26H,1-2H3,(H,24,27,28). The van der Waals surface area contributed by atoms with Gasteiger partial charge >= 0.3 is 0 Å². The van der Waals surface area contributed by atoms with E-state index in [4.69, 9.17) is 0 Å². The number of thiophene rings is 1. The lowest BCUT2D eigenvalue weighted by Gasteiger charge is -1.98. The summed E-state index contributed by atoms with van der Waals surface area (Å²) in [5, 5.41) is 13.9. The normalized spacial score (nSPS) is 11.7. The van der Waals surface area contributed by atoms with Crippen molar-refractivity contribution in [2.75, 3.05) is 0 Å². The molecule has 0 aliphatic rings. The van der Waals surface area contributed by atoms with Crippen LogP contribution in [0.5, 0.6) is 0 Å². The van der Waals surface area contributed by atoms with Gasteiger partial charge in [0.2, 0.25) is 0 Å². The first-order valence-electron chi connectivity index (χ1n) is 9.54. The predicted octanol–water partition coefficient (Wildman–Crippen LogP) is 4.94. The number of pyridine rings is 2. The summed E-state index contributed by atoms with van der Waals surface area (Å²) in [5.41, 5.74) is 6.61. The average molecular weight is 411 g/mol. The highest BCUT2D eigenvalue weighted by atomic mass is 32.1. The molecule has 8 heteroatoms. The Bertz CT molecular complexity index is 1530. The monoisotopic (exact) mass is 411 g/mol. The summed E-state index contributed by atoms with van der Waals surface area (Å²) in [4.78, 5) is 15.1. The molecule has 6 aromatic rings. The molecule has 0 saturated heterocycles. The van der Waals surface area contributed by atoms with Crippen molar-refractivity contribution in [1.82, 2.24) is 34.9 Å². The van der Waals surface area contributed by atoms with E-state index in [9.17, 15) is 0 Å². The Labute approximate surface area is 175 Å². The molecule has 6 heterocycles. The Hall–Kier alpha value is -3.78. The zero-order valence-corrected chi connectivity index (χ0v) is 17.2. The minimum atomic E-state index is 0.684. The summed E-state index contributed by atoms with van der Waals surface area (Å²) in [6.07, 6.45) is 7.50. The van der Waals surface area contributed by atoms with Crippen LogP contribution in [0.2, 0.25) is 0 Å². The van der Waals surface area contributed by atoms with Crippen molar-refractivity contribution in [2.45, 2.75) is 6.92 Å². The molecule has 2 N–H and O–H groups in total. The number of fused-ring (bicyclic) bond motifs is 2. The molecular formula is C22H17N7S. The topological polar surface area (TPSA) is 88.1 Å². The van der Waals surface area contributed by atoms with Crippen molar-refractivity contribution in [3.63, 3.8) is 0 Å². The molecule has 0 unspecified atom stereocenters. The Balaban J connectivity index is 1.52. The lowest BCUT2D eigenvalue weighted by Crippen LogP contribution is -1.84. The maximum absolute atomic E-state index is 4.65. The highest BCUT2D eigenvalue weighted by Gasteiger charge is 2.16. The number of rotatable bonds is 3. The van der Waals surface area contributed by atoms with Gasteiger partial charge in [-0.05, 0) is 37.3 Å². The van der Waals surface area contributed by atoms with Crippen LogP contribution in [0.1, 0.15) is 4.88 Å². The summed E-state index contributed by atoms with van der Waals surface area (Å²) < 4.78 is 1.79. The van der Waals surface area contributed by atoms with Gasteiger partial charge in [-0.3, -0.25) is 14.8 Å². The molecule has 0 bridgehead atoms. The molecule has 0 aliphatic heterocycles. The van der Waals surface area contributed by atoms with Crippen molar-refractivity contribution in [2.24, 2.45) is 7.05 Å². The average Bonchev–Trinajstić information content (AvgIpc) is 3.52. The summed E-state index contributed by atoms with van der Waals surface area (Å²) in [7, 11) is 1.91. The molecule has 0 saturated carbocycles. The van der Waals surface area contributed by atoms with Gasteiger partial charge in [-0.25, -0.2) is 4.98 Å². The highest BCUT2D eigenvalue weighted by molar-refractivity contribution is 7.15. The van der Waals surface area contributed by atoms with Gasteiger partial charge in [0.15, 0.2) is 5.65 Å². The molecule has 6 rings (SSSR count). The zero-order valence-electron chi connectivity index (χ0n) is 16.3. The Morgan fingerprint density at radius 2 is 1.93 bits per heavy atom. The second kappa shape index (κ2) is 6.36. The summed E-state index contributed by atoms with van der Waals surface area (Å²) in [5.74, 6) is 0. The molecule has 6 aromatic heterocycles. The van der Waals surface area contributed by atoms with E-state index in [-0.39, 0.29) is 0 Å². The van der Waals surface area contributed by atoms with E-state index < -0.39 is 0 Å². The fourth-order valence-electron chi connectivity index (χ4n) is 3.78. The van der Waals surface area contributed by atoms with Crippen molar-refractivity contribution in [3.05, 3.63) is 60.0 Å². The number of nitrogens with zero attached hydrogens (tertiary/aromatic N) is 5. The second-order valence-electron chi connectivity index (χ2n) is 7.31. The van der Waals surface area contributed by atoms with Gasteiger partial charge in [-0.15, -0.1) is 11.3 Å². The van der Waals surface area contributed by atoms with Crippen molar-refractivity contribution in [3.8, 4) is 33.1 Å². The van der Waals surface area contributed by atoms with Crippen LogP contribution in [0, 0.1) is 6.92 Å². The van der Waals surface area contributed by atoms with E-state index >= 15 is 0 Å². The predicted molar refractivity (Wildman–Crippen MR) is 119 cm³/mol. The smallest absolute Gasteiger partial charge is 0.181 e. The largest absolute Gasteiger partial charge is 0.353 e. The third-order valence-corrected chi connectivity index (χ3v) is 6.25. The molecule has 0 fully saturated rings. The third-order valence-electron chi connectivity index (χ3n) is 5.24. The van der Waals surface area contributed by atoms with Crippen molar-refractivity contribution in [1.29, 1.82) is 0 Å². The maximum atomic E-state index is 4.65. The molecule has 0 aromatic carbocycles. The summed E-state index contributed by atoms with van der Waals surface area (Å²) in [6.45, 7) is 2.11. The fourth-order valence-corrected chi connectivity index (χ4v) is 4.66. The van der Waals surface area contributed by atoms with Gasteiger partial charge in [-0.2, -0.15) is 10.2 Å². The Morgan fingerprint density at radius 3 is 2.73 bits per heavy atom. The van der Waals surface area contributed by atoms with E-state index in [0.717, 1.165) is 44.5 Å². The molecular weight excluding hydrogens is 394 g/mol. The van der Waals surface area contributed by atoms with E-state index in [1.165, 1.54) is 9.75 Å². The molecule has 0 amide bonds. The van der Waals surface area contributed by atoms with Gasteiger partial charge in [-0.1, -0.05) is 0 Å². The summed E-state index contributed by atoms with van der Waals surface area (Å²) >= 11 is 1.75. The van der Waals surface area contributed by atoms with Gasteiger partial charge in [0.25, 0.3) is 0 Å². The first-order chi connectivity index (χ1) is 14.7. The van der Waals surface area contributed by atoms with Crippen LogP contribution in [0.4, 0.5) is 0 Å². The van der Waals surface area contributed by atoms with Crippen LogP contribution in [-0.2, 0) is 7.05 Å². The SMILES string of the molecule is Cc1ccc(-c2nccc3[nH]c(-c4[nH]nc5ncc(-c6cnn(C)c6)cc45)cc23)s1. The van der Waals surface area contributed by atoms with Gasteiger partial charge in [0.1, 0.15) is 0 Å². The van der Waals surface area contributed by atoms with E-state index in [0.29, 0.717) is 5.65 Å². The fraction of sp³-hybridized carbons (Fsp3) is 0.0909. The van der Waals surface area contributed by atoms with Crippen molar-refractivity contribution >= 4 is 33.3 Å². The molecule has 0 spiro atoms. The Morgan fingerprint density at radius 1 is 1.00 bits per heavy atom. The van der Waals surface area contributed by atoms with Crippen LogP contribution < -0.4 is 0 Å². The maximum Gasteiger partial charge on any atom is 0.181 e. The van der Waals surface area contributed by atoms with Gasteiger partial charge in [0.05, 0.1) is 28.2 Å². The quantitative estimate of drug-likeness (QED) is 0.432. The molecule has 0 radical (unpaired) electrons. The van der Waals surface area contributed by atoms with Crippen LogP contribution in [-0.4, -0.2) is 34.9 Å². The lowest BCUT2D eigenvalue weighted by molar-refractivity contribution is 0.768. The van der Waals surface area contributed by atoms with E-state index in [1.54, 1.807) is 16.0 Å². The van der Waals surface area contributed by atoms with Gasteiger partial charge < -0.3 is 4.98 Å². The minimum Gasteiger partial charge on any atom is -0.353 e. The van der Waals surface area contributed by atoms with Crippen LogP contribution in [0.15, 0.2) is 55.1 Å². The number of aromatic nitrogens is 7. The van der Waals surface area contributed by atoms with E-state index in [1.807, 2.05) is 37.9 Å². The number of hydrogen-bond acceptors (Lipinski definition) is 5. The van der Waals surface area contributed by atoms with E-state index in [2.05, 4.69) is 61.4 Å². The highest BCUT2D eigenvalue weighted by Crippen LogP contribution is 2.35. The molecule has 7 nitrogen and oxygen atoms in total. The van der Waals surface area contributed by atoms with Gasteiger partial charge in [0, 0.05) is 57.9 Å². The summed E-state index contributed by atoms with van der Waals surface area (Å²) in [6, 6.07) is 10.5. The Kier molecular flexibility index (Phi) is 3.63. The molecule has 0 atom stereocenters. The number of H-pyrrole nitrogens is 2. The number of nitrogens with one attached hydrogen (secondary N) is 2. The number of hydrogen-bond donors (Lipinski definition) is 2.